The minimum absolute atomic E-state index is 0.603. The number of hydrogen-bond acceptors (Lipinski definition) is 3. The minimum Gasteiger partial charge on any atom is -0.296 e. The number of fused-ring (bicyclic) bond motifs is 1. The minimum atomic E-state index is 0.603. The van der Waals surface area contributed by atoms with Gasteiger partial charge in [-0.05, 0) is 0 Å². The number of imidazole rings is 1. The quantitative estimate of drug-likeness (QED) is 0.690. The highest BCUT2D eigenvalue weighted by atomic mass is 32.2. The molecule has 0 aliphatic carbocycles. The molecule has 2 aromatic heterocycles. The first-order valence-electron chi connectivity index (χ1n) is 3.84. The average Bonchev–Trinajstić information content (AvgIpc) is 2.52. The Hall–Kier alpha value is -0.480. The Morgan fingerprint density at radius 3 is 3.17 bits per heavy atom. The molecular formula is C8H10N2S2. The third-order valence-electron chi connectivity index (χ3n) is 1.47. The molecule has 2 heterocycles. The Bertz CT molecular complexity index is 375. The van der Waals surface area contributed by atoms with E-state index in [2.05, 4.69) is 28.6 Å². The second-order valence-electron chi connectivity index (χ2n) is 2.83. The largest absolute Gasteiger partial charge is 0.296 e. The number of aromatic nitrogens is 2. The lowest BCUT2D eigenvalue weighted by atomic mass is 10.6. The van der Waals surface area contributed by atoms with Gasteiger partial charge in [0.15, 0.2) is 0 Å². The zero-order valence-electron chi connectivity index (χ0n) is 7.02. The van der Waals surface area contributed by atoms with Crippen molar-refractivity contribution in [2.45, 2.75) is 24.1 Å². The molecule has 64 valence electrons. The molecule has 0 atom stereocenters. The van der Waals surface area contributed by atoms with Crippen LogP contribution >= 0.6 is 23.1 Å². The van der Waals surface area contributed by atoms with Crippen LogP contribution in [0, 0.1) is 0 Å². The van der Waals surface area contributed by atoms with Gasteiger partial charge in [-0.25, -0.2) is 4.98 Å². The van der Waals surface area contributed by atoms with Gasteiger partial charge in [0.05, 0.1) is 0 Å². The highest BCUT2D eigenvalue weighted by molar-refractivity contribution is 8.00. The van der Waals surface area contributed by atoms with Crippen LogP contribution in [0.5, 0.6) is 0 Å². The lowest BCUT2D eigenvalue weighted by molar-refractivity contribution is 1.09. The fourth-order valence-electron chi connectivity index (χ4n) is 1.01. The monoisotopic (exact) mass is 198 g/mol. The molecule has 0 saturated heterocycles. The molecule has 0 aliphatic rings. The summed E-state index contributed by atoms with van der Waals surface area (Å²) in [6.07, 6.45) is 3.91. The standard InChI is InChI=1S/C8H10N2S2/c1-6(2)12-7-8-10(5-9-7)3-4-11-8/h3-6H,1-2H3. The first kappa shape index (κ1) is 8.13. The maximum Gasteiger partial charge on any atom is 0.133 e. The predicted molar refractivity (Wildman–Crippen MR) is 54.1 cm³/mol. The molecule has 0 aliphatic heterocycles. The lowest BCUT2D eigenvalue weighted by Gasteiger charge is -1.98. The van der Waals surface area contributed by atoms with Crippen LogP contribution in [-0.2, 0) is 0 Å². The van der Waals surface area contributed by atoms with Crippen LogP contribution in [-0.4, -0.2) is 14.6 Å². The van der Waals surface area contributed by atoms with Crippen LogP contribution in [0.15, 0.2) is 22.9 Å². The van der Waals surface area contributed by atoms with E-state index in [1.807, 2.05) is 24.3 Å². The normalized spacial score (nSPS) is 11.6. The maximum absolute atomic E-state index is 4.33. The van der Waals surface area contributed by atoms with Crippen LogP contribution in [0.2, 0.25) is 0 Å². The van der Waals surface area contributed by atoms with Gasteiger partial charge in [0, 0.05) is 16.8 Å². The van der Waals surface area contributed by atoms with E-state index in [0.717, 1.165) is 5.03 Å². The zero-order chi connectivity index (χ0) is 8.55. The zero-order valence-corrected chi connectivity index (χ0v) is 8.65. The second-order valence-corrected chi connectivity index (χ2v) is 5.29. The summed E-state index contributed by atoms with van der Waals surface area (Å²) in [7, 11) is 0. The third kappa shape index (κ3) is 1.36. The number of thiazole rings is 1. The van der Waals surface area contributed by atoms with Gasteiger partial charge in [-0.3, -0.25) is 4.40 Å². The molecule has 2 aromatic rings. The Morgan fingerprint density at radius 2 is 2.42 bits per heavy atom. The SMILES string of the molecule is CC(C)Sc1ncn2ccsc12. The highest BCUT2D eigenvalue weighted by Crippen LogP contribution is 2.28. The highest BCUT2D eigenvalue weighted by Gasteiger charge is 2.07. The summed E-state index contributed by atoms with van der Waals surface area (Å²) in [4.78, 5) is 5.59. The fraction of sp³-hybridized carbons (Fsp3) is 0.375. The van der Waals surface area contributed by atoms with Crippen molar-refractivity contribution in [1.82, 2.24) is 9.38 Å². The first-order chi connectivity index (χ1) is 5.77. The summed E-state index contributed by atoms with van der Waals surface area (Å²) in [6, 6.07) is 0. The van der Waals surface area contributed by atoms with Gasteiger partial charge < -0.3 is 0 Å². The predicted octanol–water partition coefficient (Wildman–Crippen LogP) is 2.90. The molecule has 0 saturated carbocycles. The van der Waals surface area contributed by atoms with Crippen molar-refractivity contribution in [1.29, 1.82) is 0 Å². The van der Waals surface area contributed by atoms with Crippen molar-refractivity contribution < 1.29 is 0 Å². The van der Waals surface area contributed by atoms with Crippen LogP contribution in [0.1, 0.15) is 13.8 Å². The topological polar surface area (TPSA) is 17.3 Å². The van der Waals surface area contributed by atoms with E-state index in [1.54, 1.807) is 11.3 Å². The molecule has 0 fully saturated rings. The number of rotatable bonds is 2. The second kappa shape index (κ2) is 3.11. The molecule has 0 spiro atoms. The molecule has 2 rings (SSSR count). The van der Waals surface area contributed by atoms with E-state index in [4.69, 9.17) is 0 Å². The smallest absolute Gasteiger partial charge is 0.133 e. The lowest BCUT2D eigenvalue weighted by Crippen LogP contribution is -1.85. The Kier molecular flexibility index (Phi) is 2.11. The van der Waals surface area contributed by atoms with Gasteiger partial charge in [0.25, 0.3) is 0 Å². The summed E-state index contributed by atoms with van der Waals surface area (Å²) in [5.74, 6) is 0. The number of thioether (sulfide) groups is 1. The van der Waals surface area contributed by atoms with Crippen LogP contribution in [0.25, 0.3) is 4.83 Å². The molecular weight excluding hydrogens is 188 g/mol. The molecule has 0 aromatic carbocycles. The van der Waals surface area contributed by atoms with E-state index >= 15 is 0 Å². The molecule has 0 N–H and O–H groups in total. The van der Waals surface area contributed by atoms with Crippen LogP contribution < -0.4 is 0 Å². The molecule has 12 heavy (non-hydrogen) atoms. The van der Waals surface area contributed by atoms with Gasteiger partial charge in [-0.1, -0.05) is 13.8 Å². The average molecular weight is 198 g/mol. The van der Waals surface area contributed by atoms with Crippen molar-refractivity contribution in [3.63, 3.8) is 0 Å². The molecule has 0 radical (unpaired) electrons. The number of nitrogens with zero attached hydrogens (tertiary/aromatic N) is 2. The third-order valence-corrected chi connectivity index (χ3v) is 3.47. The van der Waals surface area contributed by atoms with Crippen molar-refractivity contribution >= 4 is 27.9 Å². The molecule has 4 heteroatoms. The summed E-state index contributed by atoms with van der Waals surface area (Å²) in [5, 5.41) is 3.84. The Morgan fingerprint density at radius 1 is 1.58 bits per heavy atom. The Balaban J connectivity index is 2.40. The molecule has 0 amide bonds. The van der Waals surface area contributed by atoms with E-state index in [-0.39, 0.29) is 0 Å². The molecule has 0 unspecified atom stereocenters. The van der Waals surface area contributed by atoms with Gasteiger partial charge in [0.2, 0.25) is 0 Å². The van der Waals surface area contributed by atoms with E-state index in [1.165, 1.54) is 4.83 Å². The van der Waals surface area contributed by atoms with Gasteiger partial charge >= 0.3 is 0 Å². The number of hydrogen-bond donors (Lipinski definition) is 0. The maximum atomic E-state index is 4.33. The van der Waals surface area contributed by atoms with Crippen LogP contribution in [0.4, 0.5) is 0 Å². The molecule has 0 bridgehead atoms. The van der Waals surface area contributed by atoms with Crippen LogP contribution in [0.3, 0.4) is 0 Å². The Labute approximate surface area is 79.6 Å². The van der Waals surface area contributed by atoms with E-state index in [0.29, 0.717) is 5.25 Å². The van der Waals surface area contributed by atoms with Crippen molar-refractivity contribution in [2.75, 3.05) is 0 Å². The first-order valence-corrected chi connectivity index (χ1v) is 5.60. The summed E-state index contributed by atoms with van der Waals surface area (Å²) >= 11 is 3.56. The molecule has 2 nitrogen and oxygen atoms in total. The van der Waals surface area contributed by atoms with Gasteiger partial charge in [-0.15, -0.1) is 23.1 Å². The fourth-order valence-corrected chi connectivity index (χ4v) is 2.77. The van der Waals surface area contributed by atoms with E-state index in [9.17, 15) is 0 Å². The van der Waals surface area contributed by atoms with E-state index < -0.39 is 0 Å². The van der Waals surface area contributed by atoms with Gasteiger partial charge in [0.1, 0.15) is 16.2 Å². The summed E-state index contributed by atoms with van der Waals surface area (Å²) in [6.45, 7) is 4.37. The van der Waals surface area contributed by atoms with Crippen molar-refractivity contribution in [3.05, 3.63) is 17.9 Å². The van der Waals surface area contributed by atoms with Gasteiger partial charge in [-0.2, -0.15) is 0 Å². The summed E-state index contributed by atoms with van der Waals surface area (Å²) in [5.41, 5.74) is 0. The van der Waals surface area contributed by atoms with Crippen molar-refractivity contribution in [2.24, 2.45) is 0 Å². The summed E-state index contributed by atoms with van der Waals surface area (Å²) < 4.78 is 2.06. The van der Waals surface area contributed by atoms with Crippen molar-refractivity contribution in [3.8, 4) is 0 Å².